The van der Waals surface area contributed by atoms with Gasteiger partial charge in [0.1, 0.15) is 5.71 Å². The van der Waals surface area contributed by atoms with Crippen molar-refractivity contribution in [3.8, 4) is 0 Å². The van der Waals surface area contributed by atoms with E-state index >= 15 is 0 Å². The third-order valence-electron chi connectivity index (χ3n) is 0.997. The summed E-state index contributed by atoms with van der Waals surface area (Å²) < 4.78 is 0. The van der Waals surface area contributed by atoms with Gasteiger partial charge in [-0.2, -0.15) is 0 Å². The lowest BCUT2D eigenvalue weighted by molar-refractivity contribution is -0.129. The van der Waals surface area contributed by atoms with Crippen LogP contribution in [0.1, 0.15) is 20.8 Å². The molecule has 0 saturated carbocycles. The maximum atomic E-state index is 10.2. The standard InChI is InChI=1S/C8H14N2O2/c1-8(2,3)10-5-4-6(9)7(11)12/h4-5,9-10H,1-3H3,(H,11,12)/b5-4-,9-6?. The predicted molar refractivity (Wildman–Crippen MR) is 47.4 cm³/mol. The largest absolute Gasteiger partial charge is 0.477 e. The molecule has 3 N–H and O–H groups in total. The van der Waals surface area contributed by atoms with Gasteiger partial charge in [-0.15, -0.1) is 0 Å². The first-order valence-electron chi connectivity index (χ1n) is 3.59. The van der Waals surface area contributed by atoms with Gasteiger partial charge in [-0.05, 0) is 33.0 Å². The number of carboxylic acid groups (broad SMARTS) is 1. The molecule has 0 spiro atoms. The first-order valence-corrected chi connectivity index (χ1v) is 3.59. The third-order valence-corrected chi connectivity index (χ3v) is 0.997. The molecule has 0 aliphatic heterocycles. The van der Waals surface area contributed by atoms with Crippen LogP contribution in [0.5, 0.6) is 0 Å². The molecule has 0 unspecified atom stereocenters. The lowest BCUT2D eigenvalue weighted by Crippen LogP contribution is -2.31. The van der Waals surface area contributed by atoms with Crippen LogP contribution in [0.15, 0.2) is 12.3 Å². The maximum absolute atomic E-state index is 10.2. The average Bonchev–Trinajstić information content (AvgIpc) is 1.84. The molecule has 0 rings (SSSR count). The van der Waals surface area contributed by atoms with Crippen molar-refractivity contribution in [3.63, 3.8) is 0 Å². The molecule has 0 saturated heterocycles. The second-order valence-electron chi connectivity index (χ2n) is 3.45. The van der Waals surface area contributed by atoms with Crippen LogP contribution in [-0.4, -0.2) is 22.3 Å². The van der Waals surface area contributed by atoms with E-state index in [1.54, 1.807) is 0 Å². The third kappa shape index (κ3) is 5.46. The minimum absolute atomic E-state index is 0.102. The van der Waals surface area contributed by atoms with E-state index in [-0.39, 0.29) is 5.54 Å². The van der Waals surface area contributed by atoms with Crippen molar-refractivity contribution in [3.05, 3.63) is 12.3 Å². The molecular formula is C8H14N2O2. The fourth-order valence-electron chi connectivity index (χ4n) is 0.446. The van der Waals surface area contributed by atoms with Crippen molar-refractivity contribution in [1.82, 2.24) is 5.32 Å². The van der Waals surface area contributed by atoms with E-state index in [4.69, 9.17) is 10.5 Å². The Kier molecular flexibility index (Phi) is 3.47. The molecule has 0 aliphatic carbocycles. The molecule has 0 aromatic heterocycles. The molecule has 0 aliphatic rings. The van der Waals surface area contributed by atoms with Crippen molar-refractivity contribution < 1.29 is 9.90 Å². The van der Waals surface area contributed by atoms with Crippen LogP contribution in [0.4, 0.5) is 0 Å². The predicted octanol–water partition coefficient (Wildman–Crippen LogP) is 0.993. The molecule has 0 radical (unpaired) electrons. The molecule has 0 atom stereocenters. The Morgan fingerprint density at radius 1 is 1.50 bits per heavy atom. The van der Waals surface area contributed by atoms with E-state index < -0.39 is 11.7 Å². The van der Waals surface area contributed by atoms with Crippen LogP contribution in [-0.2, 0) is 4.79 Å². The summed E-state index contributed by atoms with van der Waals surface area (Å²) in [5, 5.41) is 18.2. The van der Waals surface area contributed by atoms with Crippen molar-refractivity contribution in [2.45, 2.75) is 26.3 Å². The van der Waals surface area contributed by atoms with Crippen LogP contribution in [0.3, 0.4) is 0 Å². The minimum atomic E-state index is -1.22. The number of nitrogens with one attached hydrogen (secondary N) is 2. The Labute approximate surface area is 71.8 Å². The quantitative estimate of drug-likeness (QED) is 0.553. The van der Waals surface area contributed by atoms with E-state index in [9.17, 15) is 4.79 Å². The molecule has 4 nitrogen and oxygen atoms in total. The summed E-state index contributed by atoms with van der Waals surface area (Å²) in [6.45, 7) is 5.84. The van der Waals surface area contributed by atoms with Crippen molar-refractivity contribution in [1.29, 1.82) is 5.41 Å². The highest BCUT2D eigenvalue weighted by Gasteiger charge is 2.05. The first-order chi connectivity index (χ1) is 5.33. The van der Waals surface area contributed by atoms with E-state index in [2.05, 4.69) is 5.32 Å². The minimum Gasteiger partial charge on any atom is -0.477 e. The Bertz CT molecular complexity index is 214. The smallest absolute Gasteiger partial charge is 0.353 e. The average molecular weight is 170 g/mol. The van der Waals surface area contributed by atoms with Gasteiger partial charge in [0.15, 0.2) is 0 Å². The van der Waals surface area contributed by atoms with Crippen molar-refractivity contribution in [2.24, 2.45) is 0 Å². The molecule has 4 heteroatoms. The van der Waals surface area contributed by atoms with E-state index in [1.807, 2.05) is 20.8 Å². The van der Waals surface area contributed by atoms with E-state index in [1.165, 1.54) is 12.3 Å². The van der Waals surface area contributed by atoms with E-state index in [0.29, 0.717) is 0 Å². The first kappa shape index (κ1) is 10.7. The fourth-order valence-corrected chi connectivity index (χ4v) is 0.446. The van der Waals surface area contributed by atoms with Gasteiger partial charge < -0.3 is 10.4 Å². The van der Waals surface area contributed by atoms with Gasteiger partial charge in [-0.25, -0.2) is 4.79 Å². The molecular weight excluding hydrogens is 156 g/mol. The molecule has 0 aromatic carbocycles. The zero-order valence-corrected chi connectivity index (χ0v) is 7.51. The molecule has 0 amide bonds. The highest BCUT2D eigenvalue weighted by Crippen LogP contribution is 1.97. The van der Waals surface area contributed by atoms with Gasteiger partial charge in [0, 0.05) is 5.54 Å². The number of carboxylic acids is 1. The van der Waals surface area contributed by atoms with Crippen LogP contribution >= 0.6 is 0 Å². The van der Waals surface area contributed by atoms with Gasteiger partial charge in [0.05, 0.1) is 0 Å². The summed E-state index contributed by atoms with van der Waals surface area (Å²) in [5.41, 5.74) is -0.526. The zero-order valence-electron chi connectivity index (χ0n) is 7.51. The van der Waals surface area contributed by atoms with Crippen molar-refractivity contribution >= 4 is 11.7 Å². The summed E-state index contributed by atoms with van der Waals surface area (Å²) in [6, 6.07) is 0. The Hall–Kier alpha value is -1.32. The number of rotatable bonds is 3. The van der Waals surface area contributed by atoms with Crippen LogP contribution < -0.4 is 5.32 Å². The molecule has 0 aromatic rings. The normalized spacial score (nSPS) is 11.6. The monoisotopic (exact) mass is 170 g/mol. The topological polar surface area (TPSA) is 73.2 Å². The van der Waals surface area contributed by atoms with Crippen LogP contribution in [0.25, 0.3) is 0 Å². The number of hydrogen-bond donors (Lipinski definition) is 3. The zero-order chi connectivity index (χ0) is 9.78. The molecule has 0 heterocycles. The summed E-state index contributed by atoms with van der Waals surface area (Å²) in [5.74, 6) is -1.22. The van der Waals surface area contributed by atoms with Gasteiger partial charge >= 0.3 is 5.97 Å². The molecule has 0 bridgehead atoms. The molecule has 0 fully saturated rings. The Balaban J connectivity index is 3.94. The van der Waals surface area contributed by atoms with Crippen LogP contribution in [0.2, 0.25) is 0 Å². The molecule has 12 heavy (non-hydrogen) atoms. The highest BCUT2D eigenvalue weighted by molar-refractivity contribution is 6.38. The second-order valence-corrected chi connectivity index (χ2v) is 3.45. The fraction of sp³-hybridized carbons (Fsp3) is 0.500. The lowest BCUT2D eigenvalue weighted by atomic mass is 10.1. The Morgan fingerprint density at radius 3 is 2.33 bits per heavy atom. The summed E-state index contributed by atoms with van der Waals surface area (Å²) >= 11 is 0. The summed E-state index contributed by atoms with van der Waals surface area (Å²) in [6.07, 6.45) is 2.68. The van der Waals surface area contributed by atoms with Gasteiger partial charge in [0.2, 0.25) is 0 Å². The van der Waals surface area contributed by atoms with Crippen LogP contribution in [0, 0.1) is 5.41 Å². The number of aliphatic carboxylic acids is 1. The van der Waals surface area contributed by atoms with Gasteiger partial charge in [-0.1, -0.05) is 0 Å². The van der Waals surface area contributed by atoms with E-state index in [0.717, 1.165) is 0 Å². The number of carbonyl (C=O) groups is 1. The number of hydrogen-bond acceptors (Lipinski definition) is 3. The summed E-state index contributed by atoms with van der Waals surface area (Å²) in [7, 11) is 0. The maximum Gasteiger partial charge on any atom is 0.353 e. The van der Waals surface area contributed by atoms with Gasteiger partial charge in [-0.3, -0.25) is 5.41 Å². The highest BCUT2D eigenvalue weighted by atomic mass is 16.4. The molecule has 68 valence electrons. The van der Waals surface area contributed by atoms with Gasteiger partial charge in [0.25, 0.3) is 0 Å². The SMILES string of the molecule is CC(C)(C)N/C=C\C(=N)C(=O)O. The lowest BCUT2D eigenvalue weighted by Gasteiger charge is -2.18. The summed E-state index contributed by atoms with van der Waals surface area (Å²) in [4.78, 5) is 10.2. The van der Waals surface area contributed by atoms with Crippen molar-refractivity contribution in [2.75, 3.05) is 0 Å². The Morgan fingerprint density at radius 2 is 2.00 bits per heavy atom. The second kappa shape index (κ2) is 3.90.